The molecule has 0 atom stereocenters. The van der Waals surface area contributed by atoms with Gasteiger partial charge in [0.15, 0.2) is 0 Å². The Bertz CT molecular complexity index is 155. The van der Waals surface area contributed by atoms with Crippen molar-refractivity contribution in [1.82, 2.24) is 5.32 Å². The van der Waals surface area contributed by atoms with Crippen molar-refractivity contribution in [3.8, 4) is 0 Å². The van der Waals surface area contributed by atoms with E-state index in [4.69, 9.17) is 4.74 Å². The lowest BCUT2D eigenvalue weighted by atomic mass is 10.3. The highest BCUT2D eigenvalue weighted by Crippen LogP contribution is 1.86. The first-order chi connectivity index (χ1) is 5.66. The zero-order valence-electron chi connectivity index (χ0n) is 7.85. The van der Waals surface area contributed by atoms with Crippen LogP contribution in [0.2, 0.25) is 0 Å². The van der Waals surface area contributed by atoms with E-state index in [0.717, 1.165) is 12.1 Å². The molecule has 0 aliphatic heterocycles. The van der Waals surface area contributed by atoms with Crippen molar-refractivity contribution in [2.45, 2.75) is 20.3 Å². The van der Waals surface area contributed by atoms with E-state index in [1.165, 1.54) is 0 Å². The molecule has 0 unspecified atom stereocenters. The van der Waals surface area contributed by atoms with Gasteiger partial charge in [-0.3, -0.25) is 4.79 Å². The second-order valence-electron chi connectivity index (χ2n) is 2.69. The topological polar surface area (TPSA) is 38.3 Å². The molecular weight excluding hydrogens is 154 g/mol. The predicted molar refractivity (Wildman–Crippen MR) is 48.9 cm³/mol. The van der Waals surface area contributed by atoms with Gasteiger partial charge in [-0.05, 0) is 13.8 Å². The van der Waals surface area contributed by atoms with Crippen LogP contribution >= 0.6 is 0 Å². The number of hydrogen-bond donors (Lipinski definition) is 1. The van der Waals surface area contributed by atoms with Crippen LogP contribution in [0.4, 0.5) is 0 Å². The molecule has 0 aliphatic carbocycles. The Hall–Kier alpha value is -0.830. The summed E-state index contributed by atoms with van der Waals surface area (Å²) in [5, 5.41) is 3.07. The molecule has 0 aromatic carbocycles. The first-order valence-corrected chi connectivity index (χ1v) is 4.17. The summed E-state index contributed by atoms with van der Waals surface area (Å²) in [4.78, 5) is 10.8. The van der Waals surface area contributed by atoms with E-state index in [-0.39, 0.29) is 5.97 Å². The highest BCUT2D eigenvalue weighted by Gasteiger charge is 1.99. The third-order valence-electron chi connectivity index (χ3n) is 1.24. The van der Waals surface area contributed by atoms with Gasteiger partial charge in [-0.25, -0.2) is 0 Å². The first-order valence-electron chi connectivity index (χ1n) is 4.17. The van der Waals surface area contributed by atoms with Gasteiger partial charge >= 0.3 is 5.97 Å². The SMILES string of the molecule is C=C(C)CNCCC(=O)OCC. The Labute approximate surface area is 73.8 Å². The van der Waals surface area contributed by atoms with E-state index in [9.17, 15) is 4.79 Å². The lowest BCUT2D eigenvalue weighted by Crippen LogP contribution is -2.20. The number of carbonyl (C=O) groups excluding carboxylic acids is 1. The molecular formula is C9H17NO2. The fourth-order valence-electron chi connectivity index (χ4n) is 0.725. The van der Waals surface area contributed by atoms with Crippen LogP contribution in [-0.4, -0.2) is 25.7 Å². The molecule has 70 valence electrons. The molecule has 0 saturated heterocycles. The lowest BCUT2D eigenvalue weighted by molar-refractivity contribution is -0.142. The molecule has 0 amide bonds. The number of hydrogen-bond acceptors (Lipinski definition) is 3. The molecule has 0 saturated carbocycles. The molecule has 0 radical (unpaired) electrons. The van der Waals surface area contributed by atoms with Crippen molar-refractivity contribution in [3.05, 3.63) is 12.2 Å². The van der Waals surface area contributed by atoms with Crippen LogP contribution < -0.4 is 5.32 Å². The largest absolute Gasteiger partial charge is 0.466 e. The lowest BCUT2D eigenvalue weighted by Gasteiger charge is -2.03. The number of ether oxygens (including phenoxy) is 1. The average molecular weight is 171 g/mol. The molecule has 0 aromatic rings. The van der Waals surface area contributed by atoms with Crippen LogP contribution in [-0.2, 0) is 9.53 Å². The van der Waals surface area contributed by atoms with E-state index < -0.39 is 0 Å². The summed E-state index contributed by atoms with van der Waals surface area (Å²) in [6.07, 6.45) is 0.432. The molecule has 3 nitrogen and oxygen atoms in total. The molecule has 0 aliphatic rings. The molecule has 0 heterocycles. The maximum absolute atomic E-state index is 10.8. The minimum atomic E-state index is -0.147. The zero-order chi connectivity index (χ0) is 9.40. The van der Waals surface area contributed by atoms with Gasteiger partial charge in [0.25, 0.3) is 0 Å². The number of esters is 1. The van der Waals surface area contributed by atoms with Gasteiger partial charge in [0.1, 0.15) is 0 Å². The van der Waals surface area contributed by atoms with Gasteiger partial charge in [-0.15, -0.1) is 0 Å². The smallest absolute Gasteiger partial charge is 0.307 e. The molecule has 0 bridgehead atoms. The highest BCUT2D eigenvalue weighted by molar-refractivity contribution is 5.69. The molecule has 1 N–H and O–H groups in total. The summed E-state index contributed by atoms with van der Waals surface area (Å²) in [5.41, 5.74) is 1.07. The van der Waals surface area contributed by atoms with Crippen LogP contribution in [0.25, 0.3) is 0 Å². The van der Waals surface area contributed by atoms with E-state index >= 15 is 0 Å². The second-order valence-corrected chi connectivity index (χ2v) is 2.69. The van der Waals surface area contributed by atoms with Crippen molar-refractivity contribution in [1.29, 1.82) is 0 Å². The first kappa shape index (κ1) is 11.2. The number of carbonyl (C=O) groups is 1. The van der Waals surface area contributed by atoms with Gasteiger partial charge < -0.3 is 10.1 Å². The second kappa shape index (κ2) is 6.85. The van der Waals surface area contributed by atoms with Crippen molar-refractivity contribution < 1.29 is 9.53 Å². The summed E-state index contributed by atoms with van der Waals surface area (Å²) >= 11 is 0. The van der Waals surface area contributed by atoms with Gasteiger partial charge in [0.2, 0.25) is 0 Å². The minimum Gasteiger partial charge on any atom is -0.466 e. The Kier molecular flexibility index (Phi) is 6.38. The Morgan fingerprint density at radius 2 is 2.25 bits per heavy atom. The molecule has 0 spiro atoms. The van der Waals surface area contributed by atoms with Crippen molar-refractivity contribution in [3.63, 3.8) is 0 Å². The Morgan fingerprint density at radius 1 is 1.58 bits per heavy atom. The van der Waals surface area contributed by atoms with Gasteiger partial charge in [0, 0.05) is 13.1 Å². The van der Waals surface area contributed by atoms with Gasteiger partial charge in [-0.1, -0.05) is 12.2 Å². The molecule has 0 aromatic heterocycles. The van der Waals surface area contributed by atoms with E-state index in [1.807, 2.05) is 6.92 Å². The van der Waals surface area contributed by atoms with Crippen LogP contribution in [0.15, 0.2) is 12.2 Å². The van der Waals surface area contributed by atoms with E-state index in [0.29, 0.717) is 19.6 Å². The number of nitrogens with one attached hydrogen (secondary N) is 1. The predicted octanol–water partition coefficient (Wildman–Crippen LogP) is 1.11. The van der Waals surface area contributed by atoms with Gasteiger partial charge in [0.05, 0.1) is 13.0 Å². The monoisotopic (exact) mass is 171 g/mol. The van der Waals surface area contributed by atoms with Crippen molar-refractivity contribution in [2.75, 3.05) is 19.7 Å². The summed E-state index contributed by atoms with van der Waals surface area (Å²) in [7, 11) is 0. The zero-order valence-corrected chi connectivity index (χ0v) is 7.85. The molecule has 3 heteroatoms. The fourth-order valence-corrected chi connectivity index (χ4v) is 0.725. The quantitative estimate of drug-likeness (QED) is 0.369. The maximum Gasteiger partial charge on any atom is 0.307 e. The summed E-state index contributed by atoms with van der Waals surface area (Å²) in [6.45, 7) is 9.36. The average Bonchev–Trinajstić information content (AvgIpc) is 1.98. The molecule has 0 fully saturated rings. The van der Waals surface area contributed by atoms with Crippen LogP contribution in [0.3, 0.4) is 0 Å². The standard InChI is InChI=1S/C9H17NO2/c1-4-12-9(11)5-6-10-7-8(2)3/h10H,2,4-7H2,1,3H3. The van der Waals surface area contributed by atoms with E-state index in [1.54, 1.807) is 6.92 Å². The fraction of sp³-hybridized carbons (Fsp3) is 0.667. The third kappa shape index (κ3) is 7.28. The van der Waals surface area contributed by atoms with Crippen LogP contribution in [0, 0.1) is 0 Å². The van der Waals surface area contributed by atoms with Crippen LogP contribution in [0.5, 0.6) is 0 Å². The van der Waals surface area contributed by atoms with Crippen molar-refractivity contribution in [2.24, 2.45) is 0 Å². The summed E-state index contributed by atoms with van der Waals surface area (Å²) < 4.78 is 4.75. The third-order valence-corrected chi connectivity index (χ3v) is 1.24. The van der Waals surface area contributed by atoms with E-state index in [2.05, 4.69) is 11.9 Å². The van der Waals surface area contributed by atoms with Gasteiger partial charge in [-0.2, -0.15) is 0 Å². The maximum atomic E-state index is 10.8. The highest BCUT2D eigenvalue weighted by atomic mass is 16.5. The number of rotatable bonds is 6. The van der Waals surface area contributed by atoms with Crippen molar-refractivity contribution >= 4 is 5.97 Å². The summed E-state index contributed by atoms with van der Waals surface area (Å²) in [5.74, 6) is -0.147. The molecule has 12 heavy (non-hydrogen) atoms. The summed E-state index contributed by atoms with van der Waals surface area (Å²) in [6, 6.07) is 0. The Balaban J connectivity index is 3.19. The van der Waals surface area contributed by atoms with Crippen LogP contribution in [0.1, 0.15) is 20.3 Å². The minimum absolute atomic E-state index is 0.147. The molecule has 0 rings (SSSR count). The Morgan fingerprint density at radius 3 is 2.75 bits per heavy atom. The normalized spacial score (nSPS) is 9.50.